The molecule has 3 aromatic carbocycles. The number of hydrogen-bond donors (Lipinski definition) is 5. The number of H-pyrrole nitrogens is 1. The SMILES string of the molecule is CC(=O)NCCCC[C@H](NC(=O)C1Cc2ccccc2CN1C(=O)C(N)Cc1c(C)cc(O)cc1C)c1nc2ccccc2[nH]1. The molecule has 2 unspecified atom stereocenters. The minimum Gasteiger partial charge on any atom is -0.508 e. The molecule has 1 aliphatic heterocycles. The van der Waals surface area contributed by atoms with Crippen LogP contribution >= 0.6 is 0 Å². The first-order valence-electron chi connectivity index (χ1n) is 15.5. The van der Waals surface area contributed by atoms with Gasteiger partial charge in [0, 0.05) is 26.4 Å². The minimum atomic E-state index is -0.868. The number of nitrogens with one attached hydrogen (secondary N) is 3. The van der Waals surface area contributed by atoms with Gasteiger partial charge in [0.2, 0.25) is 17.7 Å². The zero-order valence-electron chi connectivity index (χ0n) is 26.1. The Hall–Kier alpha value is -4.70. The summed E-state index contributed by atoms with van der Waals surface area (Å²) in [5.41, 5.74) is 12.9. The van der Waals surface area contributed by atoms with Crippen molar-refractivity contribution in [2.45, 2.75) is 77.5 Å². The van der Waals surface area contributed by atoms with Gasteiger partial charge in [0.15, 0.2) is 0 Å². The Morgan fingerprint density at radius 3 is 2.44 bits per heavy atom. The fraction of sp³-hybridized carbons (Fsp3) is 0.371. The van der Waals surface area contributed by atoms with E-state index in [4.69, 9.17) is 10.7 Å². The molecule has 10 heteroatoms. The number of para-hydroxylation sites is 2. The number of nitrogens with zero attached hydrogens (tertiary/aromatic N) is 2. The number of fused-ring (bicyclic) bond motifs is 2. The third-order valence-corrected chi connectivity index (χ3v) is 8.60. The predicted octanol–water partition coefficient (Wildman–Crippen LogP) is 3.87. The first-order valence-corrected chi connectivity index (χ1v) is 15.5. The summed E-state index contributed by atoms with van der Waals surface area (Å²) in [6.07, 6.45) is 2.75. The molecule has 0 fully saturated rings. The van der Waals surface area contributed by atoms with Gasteiger partial charge in [-0.3, -0.25) is 14.4 Å². The monoisotopic (exact) mass is 610 g/mol. The molecule has 4 aromatic rings. The van der Waals surface area contributed by atoms with Crippen molar-refractivity contribution in [2.75, 3.05) is 6.54 Å². The number of unbranched alkanes of at least 4 members (excludes halogenated alkanes) is 1. The van der Waals surface area contributed by atoms with Crippen LogP contribution in [-0.4, -0.2) is 56.3 Å². The molecule has 45 heavy (non-hydrogen) atoms. The second-order valence-corrected chi connectivity index (χ2v) is 12.0. The Morgan fingerprint density at radius 2 is 1.73 bits per heavy atom. The highest BCUT2D eigenvalue weighted by Crippen LogP contribution is 2.28. The molecule has 236 valence electrons. The Balaban J connectivity index is 1.39. The number of nitrogens with two attached hydrogens (primary N) is 1. The van der Waals surface area contributed by atoms with Gasteiger partial charge in [0.25, 0.3) is 0 Å². The average molecular weight is 611 g/mol. The maximum Gasteiger partial charge on any atom is 0.243 e. The molecule has 10 nitrogen and oxygen atoms in total. The van der Waals surface area contributed by atoms with Crippen LogP contribution in [-0.2, 0) is 33.8 Å². The van der Waals surface area contributed by atoms with Crippen molar-refractivity contribution in [3.63, 3.8) is 0 Å². The molecule has 3 atom stereocenters. The molecule has 3 amide bonds. The smallest absolute Gasteiger partial charge is 0.243 e. The number of aromatic amines is 1. The van der Waals surface area contributed by atoms with Crippen molar-refractivity contribution in [2.24, 2.45) is 5.73 Å². The molecule has 0 saturated carbocycles. The lowest BCUT2D eigenvalue weighted by molar-refractivity contribution is -0.143. The van der Waals surface area contributed by atoms with E-state index in [1.807, 2.05) is 62.4 Å². The van der Waals surface area contributed by atoms with Gasteiger partial charge in [0.1, 0.15) is 17.6 Å². The second-order valence-electron chi connectivity index (χ2n) is 12.0. The van der Waals surface area contributed by atoms with Crippen molar-refractivity contribution in [1.29, 1.82) is 0 Å². The number of rotatable bonds is 11. The standard InChI is InChI=1S/C35H42N6O4/c1-21-16-26(43)17-22(2)27(21)19-28(36)35(45)41-20-25-11-5-4-10-24(25)18-32(41)34(44)40-31(14-8-9-15-37-23(3)42)33-38-29-12-6-7-13-30(29)39-33/h4-7,10-13,16-17,28,31-32,43H,8-9,14-15,18-20,36H2,1-3H3,(H,37,42)(H,38,39)(H,40,44)/t28?,31-,32?/m0/s1. The Bertz CT molecular complexity index is 1640. The molecule has 1 aliphatic rings. The van der Waals surface area contributed by atoms with Gasteiger partial charge in [-0.15, -0.1) is 0 Å². The number of hydrogen-bond acceptors (Lipinski definition) is 6. The van der Waals surface area contributed by atoms with E-state index in [1.54, 1.807) is 17.0 Å². The van der Waals surface area contributed by atoms with Gasteiger partial charge in [-0.2, -0.15) is 0 Å². The van der Waals surface area contributed by atoms with Crippen LogP contribution in [0.2, 0.25) is 0 Å². The first-order chi connectivity index (χ1) is 21.6. The summed E-state index contributed by atoms with van der Waals surface area (Å²) in [6, 6.07) is 16.9. The molecular formula is C35H42N6O4. The summed E-state index contributed by atoms with van der Waals surface area (Å²) >= 11 is 0. The fourth-order valence-electron chi connectivity index (χ4n) is 6.22. The topological polar surface area (TPSA) is 153 Å². The lowest BCUT2D eigenvalue weighted by atomic mass is 9.91. The highest BCUT2D eigenvalue weighted by molar-refractivity contribution is 5.91. The second kappa shape index (κ2) is 13.9. The van der Waals surface area contributed by atoms with E-state index in [0.717, 1.165) is 51.7 Å². The van der Waals surface area contributed by atoms with E-state index in [1.165, 1.54) is 6.92 Å². The van der Waals surface area contributed by atoms with Gasteiger partial charge >= 0.3 is 0 Å². The zero-order valence-corrected chi connectivity index (χ0v) is 26.1. The van der Waals surface area contributed by atoms with Crippen LogP contribution in [0.1, 0.15) is 65.9 Å². The summed E-state index contributed by atoms with van der Waals surface area (Å²) < 4.78 is 0. The number of carbonyl (C=O) groups excluding carboxylic acids is 3. The number of carbonyl (C=O) groups is 3. The van der Waals surface area contributed by atoms with E-state index in [9.17, 15) is 19.5 Å². The number of amides is 3. The van der Waals surface area contributed by atoms with Crippen LogP contribution in [0, 0.1) is 13.8 Å². The van der Waals surface area contributed by atoms with Gasteiger partial charge in [-0.05, 0) is 91.6 Å². The fourth-order valence-corrected chi connectivity index (χ4v) is 6.22. The summed E-state index contributed by atoms with van der Waals surface area (Å²) in [6.45, 7) is 6.10. The van der Waals surface area contributed by atoms with Gasteiger partial charge < -0.3 is 31.4 Å². The van der Waals surface area contributed by atoms with Crippen LogP contribution in [0.5, 0.6) is 5.75 Å². The average Bonchev–Trinajstić information content (AvgIpc) is 3.45. The summed E-state index contributed by atoms with van der Waals surface area (Å²) in [5, 5.41) is 16.0. The number of aromatic nitrogens is 2. The third-order valence-electron chi connectivity index (χ3n) is 8.60. The number of benzene rings is 3. The number of aryl methyl sites for hydroxylation is 2. The molecule has 5 rings (SSSR count). The van der Waals surface area contributed by atoms with Crippen molar-refractivity contribution >= 4 is 28.8 Å². The van der Waals surface area contributed by atoms with Crippen LogP contribution in [0.15, 0.2) is 60.7 Å². The van der Waals surface area contributed by atoms with E-state index < -0.39 is 18.1 Å². The van der Waals surface area contributed by atoms with Crippen molar-refractivity contribution < 1.29 is 19.5 Å². The number of aromatic hydroxyl groups is 1. The summed E-state index contributed by atoms with van der Waals surface area (Å²) in [5.74, 6) is 0.176. The quantitative estimate of drug-likeness (QED) is 0.163. The van der Waals surface area contributed by atoms with Crippen LogP contribution < -0.4 is 16.4 Å². The number of phenols is 1. The largest absolute Gasteiger partial charge is 0.508 e. The van der Waals surface area contributed by atoms with E-state index in [0.29, 0.717) is 31.6 Å². The number of phenolic OH excluding ortho intramolecular Hbond substituents is 1. The van der Waals surface area contributed by atoms with Gasteiger partial charge in [0.05, 0.1) is 23.1 Å². The Kier molecular flexibility index (Phi) is 9.83. The lowest BCUT2D eigenvalue weighted by Crippen LogP contribution is -2.57. The zero-order chi connectivity index (χ0) is 32.1. The van der Waals surface area contributed by atoms with Crippen molar-refractivity contribution in [3.05, 3.63) is 94.3 Å². The van der Waals surface area contributed by atoms with Crippen LogP contribution in [0.4, 0.5) is 0 Å². The molecule has 0 saturated heterocycles. The molecule has 0 bridgehead atoms. The lowest BCUT2D eigenvalue weighted by Gasteiger charge is -2.38. The van der Waals surface area contributed by atoms with Crippen LogP contribution in [0.25, 0.3) is 11.0 Å². The summed E-state index contributed by atoms with van der Waals surface area (Å²) in [4.78, 5) is 49.2. The highest BCUT2D eigenvalue weighted by Gasteiger charge is 2.37. The molecule has 0 aliphatic carbocycles. The van der Waals surface area contributed by atoms with Gasteiger partial charge in [-0.1, -0.05) is 36.4 Å². The molecule has 0 spiro atoms. The highest BCUT2D eigenvalue weighted by atomic mass is 16.3. The molecule has 2 heterocycles. The van der Waals surface area contributed by atoms with Gasteiger partial charge in [-0.25, -0.2) is 4.98 Å². The normalized spacial score (nSPS) is 15.7. The molecular weight excluding hydrogens is 568 g/mol. The van der Waals surface area contributed by atoms with Crippen LogP contribution in [0.3, 0.4) is 0 Å². The predicted molar refractivity (Wildman–Crippen MR) is 173 cm³/mol. The molecule has 6 N–H and O–H groups in total. The maximum atomic E-state index is 14.2. The number of imidazole rings is 1. The Morgan fingerprint density at radius 1 is 1.04 bits per heavy atom. The van der Waals surface area contributed by atoms with E-state index in [2.05, 4.69) is 15.6 Å². The molecule has 0 radical (unpaired) electrons. The summed E-state index contributed by atoms with van der Waals surface area (Å²) in [7, 11) is 0. The van der Waals surface area contributed by atoms with Crippen molar-refractivity contribution in [1.82, 2.24) is 25.5 Å². The van der Waals surface area contributed by atoms with Crippen molar-refractivity contribution in [3.8, 4) is 5.75 Å². The molecule has 1 aromatic heterocycles. The van der Waals surface area contributed by atoms with E-state index in [-0.39, 0.29) is 30.0 Å². The van der Waals surface area contributed by atoms with E-state index >= 15 is 0 Å². The Labute approximate surface area is 263 Å². The maximum absolute atomic E-state index is 14.2. The minimum absolute atomic E-state index is 0.0755. The third kappa shape index (κ3) is 7.51. The first kappa shape index (κ1) is 31.7.